The van der Waals surface area contributed by atoms with Crippen molar-refractivity contribution in [1.29, 1.82) is 0 Å². The summed E-state index contributed by atoms with van der Waals surface area (Å²) in [6, 6.07) is 17.0. The third-order valence-electron chi connectivity index (χ3n) is 4.50. The maximum absolute atomic E-state index is 6.24. The van der Waals surface area contributed by atoms with Crippen molar-refractivity contribution in [3.63, 3.8) is 0 Å². The Kier molecular flexibility index (Phi) is 6.15. The standard InChI is InChI=1S/C23H20ClN5O/c1-2-30-22-11-10-19(16-27-22)29(21-9-3-8-20(24)28-21)23(17-6-4-12-25-14-17)18-7-5-13-26-15-18/h3-16,23H,2H2,1H3. The Hall–Kier alpha value is -3.51. The van der Waals surface area contributed by atoms with Crippen molar-refractivity contribution in [2.24, 2.45) is 0 Å². The van der Waals surface area contributed by atoms with Crippen LogP contribution in [0.1, 0.15) is 24.1 Å². The topological polar surface area (TPSA) is 64.0 Å². The second kappa shape index (κ2) is 9.33. The van der Waals surface area contributed by atoms with E-state index in [1.807, 2.05) is 67.8 Å². The predicted octanol–water partition coefficient (Wildman–Crippen LogP) is 5.25. The Balaban J connectivity index is 1.89. The number of aromatic nitrogens is 4. The van der Waals surface area contributed by atoms with Crippen LogP contribution in [0.4, 0.5) is 11.5 Å². The molecule has 0 aromatic carbocycles. The summed E-state index contributed by atoms with van der Waals surface area (Å²) in [6.45, 7) is 2.48. The van der Waals surface area contributed by atoms with Gasteiger partial charge in [-0.3, -0.25) is 9.97 Å². The molecule has 0 aliphatic heterocycles. The largest absolute Gasteiger partial charge is 0.478 e. The molecule has 4 aromatic heterocycles. The molecule has 4 heterocycles. The smallest absolute Gasteiger partial charge is 0.213 e. The maximum atomic E-state index is 6.24. The average molecular weight is 418 g/mol. The number of halogens is 1. The zero-order valence-corrected chi connectivity index (χ0v) is 17.1. The SMILES string of the molecule is CCOc1ccc(N(c2cccc(Cl)n2)C(c2cccnc2)c2cccnc2)cn1. The van der Waals surface area contributed by atoms with Gasteiger partial charge in [-0.25, -0.2) is 9.97 Å². The first-order valence-corrected chi connectivity index (χ1v) is 9.94. The summed E-state index contributed by atoms with van der Waals surface area (Å²) in [5.41, 5.74) is 2.81. The number of hydrogen-bond acceptors (Lipinski definition) is 6. The van der Waals surface area contributed by atoms with Crippen molar-refractivity contribution in [2.45, 2.75) is 13.0 Å². The zero-order chi connectivity index (χ0) is 20.8. The monoisotopic (exact) mass is 417 g/mol. The molecule has 0 atom stereocenters. The van der Waals surface area contributed by atoms with E-state index < -0.39 is 0 Å². The molecular weight excluding hydrogens is 398 g/mol. The molecule has 0 fully saturated rings. The molecule has 0 bridgehead atoms. The van der Waals surface area contributed by atoms with Crippen LogP contribution < -0.4 is 9.64 Å². The van der Waals surface area contributed by atoms with Crippen molar-refractivity contribution in [1.82, 2.24) is 19.9 Å². The second-order valence-corrected chi connectivity index (χ2v) is 6.84. The Morgan fingerprint density at radius 1 is 0.900 bits per heavy atom. The molecule has 0 N–H and O–H groups in total. The molecule has 30 heavy (non-hydrogen) atoms. The minimum atomic E-state index is -0.238. The van der Waals surface area contributed by atoms with Crippen LogP contribution in [0.15, 0.2) is 85.6 Å². The van der Waals surface area contributed by atoms with E-state index in [4.69, 9.17) is 16.3 Å². The number of pyridine rings is 4. The quantitative estimate of drug-likeness (QED) is 0.383. The van der Waals surface area contributed by atoms with Gasteiger partial charge in [0.2, 0.25) is 5.88 Å². The van der Waals surface area contributed by atoms with Gasteiger partial charge in [0.15, 0.2) is 0 Å². The highest BCUT2D eigenvalue weighted by molar-refractivity contribution is 6.29. The van der Waals surface area contributed by atoms with Gasteiger partial charge < -0.3 is 9.64 Å². The summed E-state index contributed by atoms with van der Waals surface area (Å²) >= 11 is 6.24. The summed E-state index contributed by atoms with van der Waals surface area (Å²) in [7, 11) is 0. The molecule has 0 radical (unpaired) electrons. The third-order valence-corrected chi connectivity index (χ3v) is 4.71. The molecule has 0 saturated heterocycles. The van der Waals surface area contributed by atoms with Crippen molar-refractivity contribution in [3.05, 3.63) is 102 Å². The van der Waals surface area contributed by atoms with Gasteiger partial charge in [-0.1, -0.05) is 29.8 Å². The van der Waals surface area contributed by atoms with E-state index in [9.17, 15) is 0 Å². The second-order valence-electron chi connectivity index (χ2n) is 6.45. The van der Waals surface area contributed by atoms with Crippen LogP contribution in [-0.2, 0) is 0 Å². The first-order valence-electron chi connectivity index (χ1n) is 9.56. The highest BCUT2D eigenvalue weighted by Crippen LogP contribution is 2.38. The molecule has 4 rings (SSSR count). The average Bonchev–Trinajstić information content (AvgIpc) is 2.79. The van der Waals surface area contributed by atoms with E-state index >= 15 is 0 Å². The van der Waals surface area contributed by atoms with Crippen LogP contribution in [0.5, 0.6) is 5.88 Å². The van der Waals surface area contributed by atoms with Crippen molar-refractivity contribution in [2.75, 3.05) is 11.5 Å². The molecule has 0 unspecified atom stereocenters. The maximum Gasteiger partial charge on any atom is 0.213 e. The first kappa shape index (κ1) is 19.8. The minimum Gasteiger partial charge on any atom is -0.478 e. The molecule has 0 spiro atoms. The van der Waals surface area contributed by atoms with Gasteiger partial charge in [0, 0.05) is 30.9 Å². The van der Waals surface area contributed by atoms with Crippen LogP contribution in [0.2, 0.25) is 5.15 Å². The lowest BCUT2D eigenvalue weighted by molar-refractivity contribution is 0.327. The van der Waals surface area contributed by atoms with Gasteiger partial charge >= 0.3 is 0 Å². The van der Waals surface area contributed by atoms with E-state index in [1.54, 1.807) is 24.7 Å². The van der Waals surface area contributed by atoms with Gasteiger partial charge in [-0.2, -0.15) is 0 Å². The molecule has 7 heteroatoms. The number of rotatable bonds is 7. The Bertz CT molecular complexity index is 1040. The lowest BCUT2D eigenvalue weighted by atomic mass is 9.99. The molecule has 4 aromatic rings. The van der Waals surface area contributed by atoms with Crippen molar-refractivity contribution < 1.29 is 4.74 Å². The van der Waals surface area contributed by atoms with Gasteiger partial charge in [0.1, 0.15) is 11.0 Å². The Morgan fingerprint density at radius 2 is 1.63 bits per heavy atom. The van der Waals surface area contributed by atoms with Crippen LogP contribution in [0.3, 0.4) is 0 Å². The van der Waals surface area contributed by atoms with Gasteiger partial charge in [0.05, 0.1) is 24.5 Å². The summed E-state index contributed by atoms with van der Waals surface area (Å²) in [5.74, 6) is 1.26. The molecule has 0 saturated carbocycles. The Labute approximate surface area is 180 Å². The van der Waals surface area contributed by atoms with Crippen LogP contribution in [-0.4, -0.2) is 26.5 Å². The Morgan fingerprint density at radius 3 is 2.17 bits per heavy atom. The molecule has 150 valence electrons. The lowest BCUT2D eigenvalue weighted by Crippen LogP contribution is -2.26. The number of hydrogen-bond donors (Lipinski definition) is 0. The van der Waals surface area contributed by atoms with E-state index in [0.717, 1.165) is 16.8 Å². The molecule has 0 aliphatic carbocycles. The van der Waals surface area contributed by atoms with Crippen molar-refractivity contribution in [3.8, 4) is 5.88 Å². The van der Waals surface area contributed by atoms with Crippen LogP contribution in [0, 0.1) is 0 Å². The number of nitrogens with zero attached hydrogens (tertiary/aromatic N) is 5. The summed E-state index contributed by atoms with van der Waals surface area (Å²) in [6.07, 6.45) is 8.97. The lowest BCUT2D eigenvalue weighted by Gasteiger charge is -2.33. The number of ether oxygens (including phenoxy) is 1. The molecule has 6 nitrogen and oxygen atoms in total. The fourth-order valence-electron chi connectivity index (χ4n) is 3.26. The highest BCUT2D eigenvalue weighted by atomic mass is 35.5. The van der Waals surface area contributed by atoms with Gasteiger partial charge in [-0.05, 0) is 48.4 Å². The van der Waals surface area contributed by atoms with Crippen LogP contribution in [0.25, 0.3) is 0 Å². The zero-order valence-electron chi connectivity index (χ0n) is 16.4. The molecule has 0 amide bonds. The summed E-state index contributed by atoms with van der Waals surface area (Å²) < 4.78 is 5.51. The summed E-state index contributed by atoms with van der Waals surface area (Å²) in [4.78, 5) is 19.8. The fourth-order valence-corrected chi connectivity index (χ4v) is 3.42. The van der Waals surface area contributed by atoms with E-state index in [1.165, 1.54) is 0 Å². The normalized spacial score (nSPS) is 10.8. The molecular formula is C23H20ClN5O. The fraction of sp³-hybridized carbons (Fsp3) is 0.130. The van der Waals surface area contributed by atoms with Crippen LogP contribution >= 0.6 is 11.6 Å². The minimum absolute atomic E-state index is 0.238. The van der Waals surface area contributed by atoms with Crippen molar-refractivity contribution >= 4 is 23.1 Å². The first-order chi connectivity index (χ1) is 14.8. The van der Waals surface area contributed by atoms with Gasteiger partial charge in [-0.15, -0.1) is 0 Å². The van der Waals surface area contributed by atoms with E-state index in [-0.39, 0.29) is 6.04 Å². The van der Waals surface area contributed by atoms with Gasteiger partial charge in [0.25, 0.3) is 0 Å². The third kappa shape index (κ3) is 4.39. The highest BCUT2D eigenvalue weighted by Gasteiger charge is 2.26. The molecule has 0 aliphatic rings. The van der Waals surface area contributed by atoms with E-state index in [2.05, 4.69) is 24.8 Å². The summed E-state index contributed by atoms with van der Waals surface area (Å²) in [5, 5.41) is 0.410. The number of anilines is 2. The van der Waals surface area contributed by atoms with E-state index in [0.29, 0.717) is 23.5 Å². The predicted molar refractivity (Wildman–Crippen MR) is 117 cm³/mol.